The summed E-state index contributed by atoms with van der Waals surface area (Å²) in [4.78, 5) is 26.7. The summed E-state index contributed by atoms with van der Waals surface area (Å²) in [6, 6.07) is 0.0372. The molecule has 0 aliphatic carbocycles. The van der Waals surface area contributed by atoms with Gasteiger partial charge in [0.15, 0.2) is 0 Å². The van der Waals surface area contributed by atoms with Crippen molar-refractivity contribution in [2.45, 2.75) is 70.6 Å². The zero-order valence-electron chi connectivity index (χ0n) is 12.8. The minimum atomic E-state index is -0.736. The molecule has 2 fully saturated rings. The molecule has 1 N–H and O–H groups in total. The van der Waals surface area contributed by atoms with Gasteiger partial charge in [-0.15, -0.1) is 0 Å². The van der Waals surface area contributed by atoms with E-state index in [0.717, 1.165) is 19.4 Å². The smallest absolute Gasteiger partial charge is 0.248 e. The minimum Gasteiger partial charge on any atom is -0.376 e. The van der Waals surface area contributed by atoms with E-state index < -0.39 is 5.54 Å². The van der Waals surface area contributed by atoms with Crippen molar-refractivity contribution >= 4 is 11.8 Å². The van der Waals surface area contributed by atoms with Crippen LogP contribution in [0, 0.1) is 0 Å². The first-order valence-corrected chi connectivity index (χ1v) is 7.77. The van der Waals surface area contributed by atoms with E-state index in [0.29, 0.717) is 25.8 Å². The van der Waals surface area contributed by atoms with E-state index in [1.54, 1.807) is 0 Å². The normalized spacial score (nSPS) is 28.1. The number of hydrogen-bond acceptors (Lipinski definition) is 3. The Morgan fingerprint density at radius 2 is 2.10 bits per heavy atom. The van der Waals surface area contributed by atoms with Gasteiger partial charge < -0.3 is 15.0 Å². The molecule has 0 aromatic carbocycles. The van der Waals surface area contributed by atoms with Crippen LogP contribution in [-0.2, 0) is 14.3 Å². The van der Waals surface area contributed by atoms with Crippen molar-refractivity contribution in [1.82, 2.24) is 10.2 Å². The molecule has 0 aromatic rings. The molecule has 2 saturated heterocycles. The Balaban J connectivity index is 2.22. The molecule has 0 aromatic heterocycles. The van der Waals surface area contributed by atoms with Crippen LogP contribution in [0.5, 0.6) is 0 Å². The molecule has 0 saturated carbocycles. The molecule has 5 heteroatoms. The average Bonchev–Trinajstić information content (AvgIpc) is 2.94. The molecule has 2 aliphatic heterocycles. The lowest BCUT2D eigenvalue weighted by Gasteiger charge is -2.38. The monoisotopic (exact) mass is 282 g/mol. The van der Waals surface area contributed by atoms with E-state index in [9.17, 15) is 9.59 Å². The largest absolute Gasteiger partial charge is 0.376 e. The van der Waals surface area contributed by atoms with Crippen molar-refractivity contribution in [3.8, 4) is 0 Å². The van der Waals surface area contributed by atoms with Crippen LogP contribution in [0.25, 0.3) is 0 Å². The molecular formula is C15H26N2O3. The van der Waals surface area contributed by atoms with Gasteiger partial charge in [-0.1, -0.05) is 13.8 Å². The second-order valence-electron chi connectivity index (χ2n) is 5.88. The number of nitrogens with zero attached hydrogens (tertiary/aromatic N) is 1. The SMILES string of the molecule is CCC1(CC)NC(=O)CCN(C(C)C2CCCO2)C1=O. The summed E-state index contributed by atoms with van der Waals surface area (Å²) in [5, 5.41) is 2.95. The van der Waals surface area contributed by atoms with Gasteiger partial charge in [0.2, 0.25) is 11.8 Å². The first-order valence-electron chi connectivity index (χ1n) is 7.77. The highest BCUT2D eigenvalue weighted by molar-refractivity contribution is 5.93. The van der Waals surface area contributed by atoms with Gasteiger partial charge in [-0.05, 0) is 32.6 Å². The average molecular weight is 282 g/mol. The summed E-state index contributed by atoms with van der Waals surface area (Å²) < 4.78 is 5.72. The molecule has 2 amide bonds. The van der Waals surface area contributed by atoms with Crippen LogP contribution < -0.4 is 5.32 Å². The first kappa shape index (κ1) is 15.3. The van der Waals surface area contributed by atoms with E-state index in [2.05, 4.69) is 5.32 Å². The fraction of sp³-hybridized carbons (Fsp3) is 0.867. The standard InChI is InChI=1S/C15H26N2O3/c1-4-15(5-2)14(19)17(9-8-13(18)16-15)11(3)12-7-6-10-20-12/h11-12H,4-10H2,1-3H3,(H,16,18). The van der Waals surface area contributed by atoms with Crippen molar-refractivity contribution < 1.29 is 14.3 Å². The van der Waals surface area contributed by atoms with Gasteiger partial charge >= 0.3 is 0 Å². The van der Waals surface area contributed by atoms with Gasteiger partial charge in [0.05, 0.1) is 12.1 Å². The van der Waals surface area contributed by atoms with Gasteiger partial charge in [0, 0.05) is 19.6 Å². The highest BCUT2D eigenvalue weighted by Crippen LogP contribution is 2.27. The van der Waals surface area contributed by atoms with Crippen molar-refractivity contribution in [3.63, 3.8) is 0 Å². The number of carbonyl (C=O) groups is 2. The van der Waals surface area contributed by atoms with E-state index in [1.165, 1.54) is 0 Å². The second kappa shape index (κ2) is 6.12. The Hall–Kier alpha value is -1.10. The number of hydrogen-bond donors (Lipinski definition) is 1. The zero-order valence-corrected chi connectivity index (χ0v) is 12.8. The molecule has 2 heterocycles. The number of amides is 2. The fourth-order valence-electron chi connectivity index (χ4n) is 3.28. The van der Waals surface area contributed by atoms with Gasteiger partial charge in [-0.3, -0.25) is 9.59 Å². The van der Waals surface area contributed by atoms with Crippen LogP contribution in [0.3, 0.4) is 0 Å². The molecule has 20 heavy (non-hydrogen) atoms. The molecule has 0 radical (unpaired) electrons. The van der Waals surface area contributed by atoms with E-state index in [1.807, 2.05) is 25.7 Å². The molecule has 2 unspecified atom stereocenters. The Morgan fingerprint density at radius 1 is 1.40 bits per heavy atom. The van der Waals surface area contributed by atoms with Crippen molar-refractivity contribution in [2.24, 2.45) is 0 Å². The first-order chi connectivity index (χ1) is 9.54. The Morgan fingerprint density at radius 3 is 2.65 bits per heavy atom. The lowest BCUT2D eigenvalue weighted by atomic mass is 9.90. The van der Waals surface area contributed by atoms with Crippen LogP contribution in [0.1, 0.15) is 52.9 Å². The maximum absolute atomic E-state index is 12.9. The van der Waals surface area contributed by atoms with Crippen LogP contribution in [0.15, 0.2) is 0 Å². The van der Waals surface area contributed by atoms with Crippen molar-refractivity contribution in [2.75, 3.05) is 13.2 Å². The van der Waals surface area contributed by atoms with Crippen LogP contribution in [0.4, 0.5) is 0 Å². The predicted octanol–water partition coefficient (Wildman–Crippen LogP) is 1.46. The maximum Gasteiger partial charge on any atom is 0.248 e. The third kappa shape index (κ3) is 2.68. The Kier molecular flexibility index (Phi) is 4.68. The summed E-state index contributed by atoms with van der Waals surface area (Å²) in [6.45, 7) is 7.23. The summed E-state index contributed by atoms with van der Waals surface area (Å²) in [5.74, 6) is 0.0282. The molecule has 2 aliphatic rings. The predicted molar refractivity (Wildman–Crippen MR) is 76.2 cm³/mol. The summed E-state index contributed by atoms with van der Waals surface area (Å²) in [6.07, 6.45) is 3.80. The van der Waals surface area contributed by atoms with Crippen LogP contribution >= 0.6 is 0 Å². The van der Waals surface area contributed by atoms with Gasteiger partial charge in [0.1, 0.15) is 5.54 Å². The lowest BCUT2D eigenvalue weighted by Crippen LogP contribution is -2.59. The van der Waals surface area contributed by atoms with Gasteiger partial charge in [0.25, 0.3) is 0 Å². The molecule has 5 nitrogen and oxygen atoms in total. The third-order valence-electron chi connectivity index (χ3n) is 4.83. The molecular weight excluding hydrogens is 256 g/mol. The molecule has 2 atom stereocenters. The quantitative estimate of drug-likeness (QED) is 0.849. The van der Waals surface area contributed by atoms with E-state index in [4.69, 9.17) is 4.74 Å². The number of carbonyl (C=O) groups excluding carboxylic acids is 2. The summed E-state index contributed by atoms with van der Waals surface area (Å²) in [7, 11) is 0. The number of ether oxygens (including phenoxy) is 1. The number of nitrogens with one attached hydrogen (secondary N) is 1. The lowest BCUT2D eigenvalue weighted by molar-refractivity contribution is -0.143. The van der Waals surface area contributed by atoms with E-state index in [-0.39, 0.29) is 24.0 Å². The van der Waals surface area contributed by atoms with Crippen LogP contribution in [-0.4, -0.2) is 47.6 Å². The highest BCUT2D eigenvalue weighted by Gasteiger charge is 2.44. The van der Waals surface area contributed by atoms with Crippen molar-refractivity contribution in [3.05, 3.63) is 0 Å². The molecule has 114 valence electrons. The third-order valence-corrected chi connectivity index (χ3v) is 4.83. The van der Waals surface area contributed by atoms with Crippen LogP contribution in [0.2, 0.25) is 0 Å². The number of rotatable bonds is 4. The van der Waals surface area contributed by atoms with Crippen molar-refractivity contribution in [1.29, 1.82) is 0 Å². The van der Waals surface area contributed by atoms with E-state index >= 15 is 0 Å². The summed E-state index contributed by atoms with van der Waals surface area (Å²) >= 11 is 0. The Labute approximate surface area is 121 Å². The summed E-state index contributed by atoms with van der Waals surface area (Å²) in [5.41, 5.74) is -0.736. The van der Waals surface area contributed by atoms with Gasteiger partial charge in [-0.2, -0.15) is 0 Å². The topological polar surface area (TPSA) is 58.6 Å². The zero-order chi connectivity index (χ0) is 14.8. The second-order valence-corrected chi connectivity index (χ2v) is 5.88. The Bertz CT molecular complexity index is 373. The minimum absolute atomic E-state index is 0.0240. The molecule has 0 bridgehead atoms. The molecule has 0 spiro atoms. The molecule has 2 rings (SSSR count). The fourth-order valence-corrected chi connectivity index (χ4v) is 3.28. The van der Waals surface area contributed by atoms with Gasteiger partial charge in [-0.25, -0.2) is 0 Å². The highest BCUT2D eigenvalue weighted by atomic mass is 16.5. The maximum atomic E-state index is 12.9.